The number of fused-ring (bicyclic) bond motifs is 2. The zero-order chi connectivity index (χ0) is 31.4. The quantitative estimate of drug-likeness (QED) is 0.558. The smallest absolute Gasteiger partial charge is 0.223 e. The molecule has 2 amide bonds. The van der Waals surface area contributed by atoms with E-state index in [1.165, 1.54) is 13.8 Å². The van der Waals surface area contributed by atoms with Crippen LogP contribution < -0.4 is 19.6 Å². The lowest BCUT2D eigenvalue weighted by Gasteiger charge is -2.49. The second kappa shape index (κ2) is 9.71. The number of nitrogens with zero attached hydrogens (tertiary/aromatic N) is 4. The molecule has 8 heteroatoms. The molecule has 228 valence electrons. The number of likely N-dealkylation sites (N-methyl/N-ethyl adjacent to an activating group) is 2. The van der Waals surface area contributed by atoms with Crippen molar-refractivity contribution < 1.29 is 19.8 Å². The van der Waals surface area contributed by atoms with Crippen LogP contribution in [0.15, 0.2) is 24.3 Å². The van der Waals surface area contributed by atoms with Gasteiger partial charge in [0.05, 0.1) is 12.2 Å². The van der Waals surface area contributed by atoms with Crippen LogP contribution in [0.2, 0.25) is 0 Å². The van der Waals surface area contributed by atoms with Crippen LogP contribution >= 0.6 is 0 Å². The van der Waals surface area contributed by atoms with E-state index in [-0.39, 0.29) is 34.7 Å². The van der Waals surface area contributed by atoms with E-state index in [1.807, 2.05) is 12.1 Å². The van der Waals surface area contributed by atoms with Crippen LogP contribution in [0.5, 0.6) is 0 Å². The van der Waals surface area contributed by atoms with Crippen molar-refractivity contribution in [3.05, 3.63) is 46.5 Å². The average molecular weight is 577 g/mol. The molecule has 0 saturated heterocycles. The van der Waals surface area contributed by atoms with E-state index >= 15 is 0 Å². The highest BCUT2D eigenvalue weighted by atomic mass is 16.3. The molecule has 0 spiro atoms. The van der Waals surface area contributed by atoms with E-state index in [0.717, 1.165) is 33.6 Å². The largest absolute Gasteiger partial charge is 0.392 e. The second-order valence-corrected chi connectivity index (χ2v) is 14.1. The molecule has 1 saturated carbocycles. The minimum atomic E-state index is -0.909. The van der Waals surface area contributed by atoms with E-state index in [1.54, 1.807) is 23.9 Å². The molecule has 2 aliphatic heterocycles. The molecule has 42 heavy (non-hydrogen) atoms. The van der Waals surface area contributed by atoms with Crippen molar-refractivity contribution in [2.45, 2.75) is 102 Å². The van der Waals surface area contributed by atoms with Gasteiger partial charge in [-0.1, -0.05) is 39.8 Å². The maximum atomic E-state index is 12.6. The molecular formula is C34H48N4O4. The first-order valence-corrected chi connectivity index (χ1v) is 15.0. The SMILES string of the molecule is CC(=O)N(C)c1cc2c(cc1C1C(O)C(c3cc4c(cc3N(C)C(C)=O)N(C)C(C)C4(C)C)C1O)C(C)(C)C(C)N2C. The van der Waals surface area contributed by atoms with Gasteiger partial charge in [-0.2, -0.15) is 0 Å². The molecule has 1 fully saturated rings. The molecule has 2 unspecified atom stereocenters. The molecule has 0 bridgehead atoms. The fourth-order valence-electron chi connectivity index (χ4n) is 7.53. The molecule has 5 rings (SSSR count). The molecule has 2 aromatic carbocycles. The van der Waals surface area contributed by atoms with Crippen molar-refractivity contribution in [1.82, 2.24) is 0 Å². The van der Waals surface area contributed by atoms with E-state index in [9.17, 15) is 19.8 Å². The molecule has 2 atom stereocenters. The Bertz CT molecular complexity index is 1350. The van der Waals surface area contributed by atoms with Gasteiger partial charge in [0.25, 0.3) is 0 Å². The summed E-state index contributed by atoms with van der Waals surface area (Å²) in [6.07, 6.45) is -1.82. The van der Waals surface area contributed by atoms with Crippen molar-refractivity contribution in [2.24, 2.45) is 0 Å². The Morgan fingerprint density at radius 2 is 1.00 bits per heavy atom. The van der Waals surface area contributed by atoms with Gasteiger partial charge in [0, 0.05) is 99.5 Å². The van der Waals surface area contributed by atoms with Gasteiger partial charge in [0.2, 0.25) is 11.8 Å². The first kappa shape index (κ1) is 30.4. The number of carbonyl (C=O) groups excluding carboxylic acids is 2. The van der Waals surface area contributed by atoms with Gasteiger partial charge in [0.1, 0.15) is 0 Å². The van der Waals surface area contributed by atoms with E-state index in [0.29, 0.717) is 11.4 Å². The number of hydrogen-bond acceptors (Lipinski definition) is 6. The van der Waals surface area contributed by atoms with Crippen molar-refractivity contribution >= 4 is 34.6 Å². The minimum absolute atomic E-state index is 0.117. The van der Waals surface area contributed by atoms with Crippen molar-refractivity contribution in [3.63, 3.8) is 0 Å². The summed E-state index contributed by atoms with van der Waals surface area (Å²) in [5.74, 6) is -1.41. The summed E-state index contributed by atoms with van der Waals surface area (Å²) in [5.41, 5.74) is 7.04. The Hall–Kier alpha value is -3.10. The topological polar surface area (TPSA) is 87.6 Å². The van der Waals surface area contributed by atoms with Crippen LogP contribution in [0.1, 0.15) is 89.5 Å². The van der Waals surface area contributed by atoms with E-state index in [4.69, 9.17) is 0 Å². The Balaban J connectivity index is 1.64. The summed E-state index contributed by atoms with van der Waals surface area (Å²) in [7, 11) is 7.62. The highest BCUT2D eigenvalue weighted by Gasteiger charge is 2.54. The monoisotopic (exact) mass is 576 g/mol. The molecule has 2 aromatic rings. The van der Waals surface area contributed by atoms with Crippen LogP contribution in [0.3, 0.4) is 0 Å². The number of anilines is 4. The zero-order valence-electron chi connectivity index (χ0n) is 27.3. The predicted molar refractivity (Wildman–Crippen MR) is 170 cm³/mol. The van der Waals surface area contributed by atoms with Crippen LogP contribution in [0.25, 0.3) is 0 Å². The molecule has 2 heterocycles. The van der Waals surface area contributed by atoms with Crippen LogP contribution in [0, 0.1) is 0 Å². The van der Waals surface area contributed by atoms with Gasteiger partial charge in [0.15, 0.2) is 0 Å². The molecular weight excluding hydrogens is 528 g/mol. The van der Waals surface area contributed by atoms with Gasteiger partial charge in [-0.25, -0.2) is 0 Å². The third kappa shape index (κ3) is 4.01. The Morgan fingerprint density at radius 1 is 0.690 bits per heavy atom. The lowest BCUT2D eigenvalue weighted by molar-refractivity contribution is -0.117. The van der Waals surface area contributed by atoms with Crippen molar-refractivity contribution in [2.75, 3.05) is 47.8 Å². The van der Waals surface area contributed by atoms with Gasteiger partial charge in [-0.05, 0) is 48.2 Å². The Morgan fingerprint density at radius 3 is 1.29 bits per heavy atom. The fourth-order valence-corrected chi connectivity index (χ4v) is 7.53. The Kier molecular flexibility index (Phi) is 7.02. The fraction of sp³-hybridized carbons (Fsp3) is 0.588. The molecule has 2 N–H and O–H groups in total. The number of aliphatic hydroxyl groups is 2. The summed E-state index contributed by atoms with van der Waals surface area (Å²) in [6.45, 7) is 16.3. The minimum Gasteiger partial charge on any atom is -0.392 e. The second-order valence-electron chi connectivity index (χ2n) is 14.1. The van der Waals surface area contributed by atoms with Crippen LogP contribution in [0.4, 0.5) is 22.7 Å². The number of hydrogen-bond donors (Lipinski definition) is 2. The lowest BCUT2D eigenvalue weighted by Crippen LogP contribution is -2.52. The molecule has 3 aliphatic rings. The summed E-state index contributed by atoms with van der Waals surface area (Å²) in [4.78, 5) is 32.9. The maximum Gasteiger partial charge on any atom is 0.223 e. The molecule has 0 radical (unpaired) electrons. The first-order valence-electron chi connectivity index (χ1n) is 15.0. The third-order valence-electron chi connectivity index (χ3n) is 11.5. The summed E-state index contributed by atoms with van der Waals surface area (Å²) in [5, 5.41) is 23.8. The Labute approximate surface area is 250 Å². The summed E-state index contributed by atoms with van der Waals surface area (Å²) < 4.78 is 0. The lowest BCUT2D eigenvalue weighted by atomic mass is 9.61. The van der Waals surface area contributed by atoms with Gasteiger partial charge < -0.3 is 29.8 Å². The van der Waals surface area contributed by atoms with Crippen molar-refractivity contribution in [3.8, 4) is 0 Å². The number of rotatable bonds is 4. The normalized spacial score (nSPS) is 28.7. The van der Waals surface area contributed by atoms with Gasteiger partial charge >= 0.3 is 0 Å². The molecule has 0 aromatic heterocycles. The molecule has 8 nitrogen and oxygen atoms in total. The highest BCUT2D eigenvalue weighted by molar-refractivity contribution is 5.94. The molecule has 1 aliphatic carbocycles. The number of amides is 2. The van der Waals surface area contributed by atoms with Gasteiger partial charge in [-0.15, -0.1) is 0 Å². The number of carbonyl (C=O) groups is 2. The standard InChI is InChI=1S/C34H48N4O4/c1-17-33(5,6)23-13-21(25(37(11)19(3)39)15-27(23)35(17)9)29-31(41)30(32(29)42)22-14-24-28(16-26(22)38(12)20(4)40)36(10)18(2)34(24,7)8/h13-18,29-32,41-42H,1-12H3. The predicted octanol–water partition coefficient (Wildman–Crippen LogP) is 4.49. The van der Waals surface area contributed by atoms with Crippen LogP contribution in [-0.4, -0.2) is 74.5 Å². The van der Waals surface area contributed by atoms with Crippen LogP contribution in [-0.2, 0) is 20.4 Å². The third-order valence-corrected chi connectivity index (χ3v) is 11.5. The van der Waals surface area contributed by atoms with E-state index < -0.39 is 24.0 Å². The number of aliphatic hydroxyl groups excluding tert-OH is 2. The summed E-state index contributed by atoms with van der Waals surface area (Å²) >= 11 is 0. The number of benzene rings is 2. The highest BCUT2D eigenvalue weighted by Crippen LogP contribution is 2.57. The van der Waals surface area contributed by atoms with Crippen molar-refractivity contribution in [1.29, 1.82) is 0 Å². The van der Waals surface area contributed by atoms with E-state index in [2.05, 4.69) is 77.6 Å². The first-order chi connectivity index (χ1) is 19.3. The summed E-state index contributed by atoms with van der Waals surface area (Å²) in [6, 6.07) is 8.75. The van der Waals surface area contributed by atoms with Gasteiger partial charge in [-0.3, -0.25) is 9.59 Å². The maximum absolute atomic E-state index is 12.6. The zero-order valence-corrected chi connectivity index (χ0v) is 27.3. The average Bonchev–Trinajstić information content (AvgIpc) is 3.20.